The number of carbonyl (C=O) groups excluding carboxylic acids is 4. The Morgan fingerprint density at radius 2 is 1.89 bits per heavy atom. The van der Waals surface area contributed by atoms with Gasteiger partial charge in [-0.25, -0.2) is 4.79 Å². The predicted octanol–water partition coefficient (Wildman–Crippen LogP) is 4.09. The number of rotatable bonds is 5. The molecule has 1 aliphatic carbocycles. The lowest BCUT2D eigenvalue weighted by Gasteiger charge is -2.35. The molecule has 3 aliphatic rings. The Labute approximate surface area is 227 Å². The van der Waals surface area contributed by atoms with Crippen LogP contribution in [0.2, 0.25) is 10.0 Å². The highest BCUT2D eigenvalue weighted by molar-refractivity contribution is 6.36. The van der Waals surface area contributed by atoms with Crippen LogP contribution in [0.4, 0.5) is 10.5 Å². The standard InChI is InChI=1S/C26H23Cl2N3O7/c1-12-8-14(30-16-9-13(4-5-15(16)27)24(34)31-7-6-29-25(31)35)10-19(32)26(12)23(33)20-17(36-2)11-18(37-3)21(28)22(20)38-26/h4-5,9-12,30H,6-8H2,1-3H3,(H,29,35)/t12-,26+/m1/s1. The largest absolute Gasteiger partial charge is 0.496 e. The second kappa shape index (κ2) is 9.52. The van der Waals surface area contributed by atoms with Gasteiger partial charge in [-0.2, -0.15) is 0 Å². The highest BCUT2D eigenvalue weighted by atomic mass is 35.5. The summed E-state index contributed by atoms with van der Waals surface area (Å²) < 4.78 is 16.7. The fourth-order valence-electron chi connectivity index (χ4n) is 4.96. The number of fused-ring (bicyclic) bond motifs is 1. The number of imide groups is 1. The van der Waals surface area contributed by atoms with Gasteiger partial charge in [-0.05, 0) is 24.6 Å². The zero-order chi connectivity index (χ0) is 27.4. The zero-order valence-electron chi connectivity index (χ0n) is 20.6. The molecule has 1 saturated heterocycles. The molecule has 2 atom stereocenters. The molecule has 12 heteroatoms. The van der Waals surface area contributed by atoms with Gasteiger partial charge in [0, 0.05) is 42.4 Å². The van der Waals surface area contributed by atoms with Crippen LogP contribution in [0.3, 0.4) is 0 Å². The second-order valence-corrected chi connectivity index (χ2v) is 9.90. The number of hydrogen-bond acceptors (Lipinski definition) is 8. The third-order valence-corrected chi connectivity index (χ3v) is 7.61. The van der Waals surface area contributed by atoms with Gasteiger partial charge < -0.3 is 24.8 Å². The number of methoxy groups -OCH3 is 2. The van der Waals surface area contributed by atoms with Crippen molar-refractivity contribution < 1.29 is 33.4 Å². The molecule has 0 bridgehead atoms. The number of Topliss-reactive ketones (excluding diaryl/α,β-unsaturated/α-hetero) is 1. The van der Waals surface area contributed by atoms with Gasteiger partial charge in [0.15, 0.2) is 5.75 Å². The number of urea groups is 1. The number of nitrogens with one attached hydrogen (secondary N) is 2. The molecule has 0 aromatic heterocycles. The summed E-state index contributed by atoms with van der Waals surface area (Å²) in [6.07, 6.45) is 1.53. The van der Waals surface area contributed by atoms with E-state index >= 15 is 0 Å². The molecule has 2 aliphatic heterocycles. The summed E-state index contributed by atoms with van der Waals surface area (Å²) in [5.74, 6) is -1.72. The summed E-state index contributed by atoms with van der Waals surface area (Å²) in [6, 6.07) is 5.58. The second-order valence-electron chi connectivity index (χ2n) is 9.11. The van der Waals surface area contributed by atoms with Gasteiger partial charge in [-0.15, -0.1) is 0 Å². The van der Waals surface area contributed by atoms with Gasteiger partial charge in [-0.1, -0.05) is 30.1 Å². The average Bonchev–Trinajstić information content (AvgIpc) is 3.46. The Bertz CT molecular complexity index is 1440. The summed E-state index contributed by atoms with van der Waals surface area (Å²) in [4.78, 5) is 53.0. The van der Waals surface area contributed by atoms with Crippen LogP contribution in [0, 0.1) is 5.92 Å². The van der Waals surface area contributed by atoms with Crippen molar-refractivity contribution in [3.05, 3.63) is 57.2 Å². The Hall–Kier alpha value is -3.76. The van der Waals surface area contributed by atoms with Crippen molar-refractivity contribution in [3.8, 4) is 17.2 Å². The molecule has 1 fully saturated rings. The number of benzene rings is 2. The van der Waals surface area contributed by atoms with Crippen molar-refractivity contribution in [1.29, 1.82) is 0 Å². The Morgan fingerprint density at radius 1 is 1.16 bits per heavy atom. The third kappa shape index (κ3) is 3.86. The van der Waals surface area contributed by atoms with Crippen LogP contribution in [0.1, 0.15) is 34.1 Å². The van der Waals surface area contributed by atoms with E-state index < -0.39 is 35.0 Å². The number of allylic oxidation sites excluding steroid dienone is 1. The van der Waals surface area contributed by atoms with Crippen LogP contribution in [-0.2, 0) is 4.79 Å². The lowest BCUT2D eigenvalue weighted by Crippen LogP contribution is -2.55. The molecule has 0 radical (unpaired) electrons. The minimum Gasteiger partial charge on any atom is -0.496 e. The van der Waals surface area contributed by atoms with Gasteiger partial charge in [0.1, 0.15) is 22.1 Å². The van der Waals surface area contributed by atoms with Crippen LogP contribution in [-0.4, -0.2) is 61.3 Å². The van der Waals surface area contributed by atoms with E-state index in [-0.39, 0.29) is 46.4 Å². The van der Waals surface area contributed by atoms with E-state index in [4.69, 9.17) is 37.4 Å². The van der Waals surface area contributed by atoms with Crippen LogP contribution in [0.15, 0.2) is 36.0 Å². The molecule has 0 unspecified atom stereocenters. The number of carbonyl (C=O) groups is 4. The summed E-state index contributed by atoms with van der Waals surface area (Å²) in [6.45, 7) is 2.37. The summed E-state index contributed by atoms with van der Waals surface area (Å²) in [7, 11) is 2.82. The molecule has 2 aromatic carbocycles. The number of halogens is 2. The van der Waals surface area contributed by atoms with Gasteiger partial charge in [0.25, 0.3) is 5.91 Å². The van der Waals surface area contributed by atoms with Crippen molar-refractivity contribution in [2.75, 3.05) is 32.6 Å². The lowest BCUT2D eigenvalue weighted by atomic mass is 9.74. The molecule has 2 heterocycles. The SMILES string of the molecule is COc1cc(OC)c2c(c1Cl)O[C@@]1(C(=O)C=C(Nc3cc(C(=O)N4CCNC4=O)ccc3Cl)C[C@H]1C)C2=O. The molecule has 10 nitrogen and oxygen atoms in total. The van der Waals surface area contributed by atoms with Gasteiger partial charge in [0.05, 0.1) is 24.9 Å². The number of nitrogens with zero attached hydrogens (tertiary/aromatic N) is 1. The first kappa shape index (κ1) is 25.9. The van der Waals surface area contributed by atoms with E-state index in [1.54, 1.807) is 6.92 Å². The number of ether oxygens (including phenoxy) is 3. The first-order valence-electron chi connectivity index (χ1n) is 11.7. The maximum Gasteiger partial charge on any atom is 0.324 e. The monoisotopic (exact) mass is 559 g/mol. The summed E-state index contributed by atoms with van der Waals surface area (Å²) >= 11 is 12.8. The summed E-state index contributed by atoms with van der Waals surface area (Å²) in [5, 5.41) is 6.06. The molecule has 2 N–H and O–H groups in total. The smallest absolute Gasteiger partial charge is 0.324 e. The van der Waals surface area contributed by atoms with Crippen LogP contribution in [0.25, 0.3) is 0 Å². The minimum atomic E-state index is -1.82. The maximum absolute atomic E-state index is 13.6. The Morgan fingerprint density at radius 3 is 2.53 bits per heavy atom. The molecule has 38 heavy (non-hydrogen) atoms. The van der Waals surface area contributed by atoms with Gasteiger partial charge in [-0.3, -0.25) is 19.3 Å². The number of hydrogen-bond donors (Lipinski definition) is 2. The van der Waals surface area contributed by atoms with E-state index in [1.165, 1.54) is 44.6 Å². The van der Waals surface area contributed by atoms with Gasteiger partial charge in [0.2, 0.25) is 17.2 Å². The quantitative estimate of drug-likeness (QED) is 0.525. The number of amides is 3. The normalized spacial score (nSPS) is 22.1. The average molecular weight is 560 g/mol. The van der Waals surface area contributed by atoms with Crippen molar-refractivity contribution in [1.82, 2.24) is 10.2 Å². The number of ketones is 2. The molecule has 1 spiro atoms. The number of anilines is 1. The fraction of sp³-hybridized carbons (Fsp3) is 0.308. The van der Waals surface area contributed by atoms with Crippen LogP contribution >= 0.6 is 23.2 Å². The molecule has 198 valence electrons. The molecule has 2 aromatic rings. The molecular weight excluding hydrogens is 537 g/mol. The Balaban J connectivity index is 1.45. The predicted molar refractivity (Wildman–Crippen MR) is 139 cm³/mol. The van der Waals surface area contributed by atoms with E-state index in [2.05, 4.69) is 10.6 Å². The topological polar surface area (TPSA) is 123 Å². The van der Waals surface area contributed by atoms with E-state index in [9.17, 15) is 19.2 Å². The highest BCUT2D eigenvalue weighted by Gasteiger charge is 2.60. The van der Waals surface area contributed by atoms with Crippen molar-refractivity contribution in [2.45, 2.75) is 18.9 Å². The van der Waals surface area contributed by atoms with Crippen molar-refractivity contribution >= 4 is 52.4 Å². The fourth-order valence-corrected chi connectivity index (χ4v) is 5.39. The summed E-state index contributed by atoms with van der Waals surface area (Å²) in [5.41, 5.74) is -0.635. The van der Waals surface area contributed by atoms with E-state index in [0.717, 1.165) is 4.90 Å². The van der Waals surface area contributed by atoms with Crippen molar-refractivity contribution in [2.24, 2.45) is 5.92 Å². The minimum absolute atomic E-state index is 0.0399. The maximum atomic E-state index is 13.6. The molecule has 0 saturated carbocycles. The van der Waals surface area contributed by atoms with E-state index in [1.807, 2.05) is 0 Å². The highest BCUT2D eigenvalue weighted by Crippen LogP contribution is 2.53. The first-order chi connectivity index (χ1) is 18.1. The molecule has 5 rings (SSSR count). The van der Waals surface area contributed by atoms with Crippen LogP contribution < -0.4 is 24.8 Å². The van der Waals surface area contributed by atoms with Crippen molar-refractivity contribution in [3.63, 3.8) is 0 Å². The first-order valence-corrected chi connectivity index (χ1v) is 12.5. The molecule has 3 amide bonds. The lowest BCUT2D eigenvalue weighted by molar-refractivity contribution is -0.129. The van der Waals surface area contributed by atoms with Gasteiger partial charge >= 0.3 is 6.03 Å². The zero-order valence-corrected chi connectivity index (χ0v) is 22.2. The van der Waals surface area contributed by atoms with Crippen LogP contribution in [0.5, 0.6) is 17.2 Å². The Kier molecular flexibility index (Phi) is 6.48. The third-order valence-electron chi connectivity index (χ3n) is 6.92. The molecular formula is C26H23Cl2N3O7. The van der Waals surface area contributed by atoms with E-state index in [0.29, 0.717) is 23.0 Å².